The van der Waals surface area contributed by atoms with Crippen molar-refractivity contribution in [3.63, 3.8) is 0 Å². The molecule has 0 spiro atoms. The summed E-state index contributed by atoms with van der Waals surface area (Å²) >= 11 is 12.0. The average molecular weight is 370 g/mol. The molecule has 0 saturated carbocycles. The quantitative estimate of drug-likeness (QED) is 0.847. The monoisotopic (exact) mass is 369 g/mol. The van der Waals surface area contributed by atoms with Gasteiger partial charge in [0.05, 0.1) is 6.54 Å². The first kappa shape index (κ1) is 18.3. The number of benzene rings is 1. The highest BCUT2D eigenvalue weighted by Gasteiger charge is 2.15. The lowest BCUT2D eigenvalue weighted by Crippen LogP contribution is -2.38. The second-order valence-corrected chi connectivity index (χ2v) is 6.14. The first-order valence-electron chi connectivity index (χ1n) is 7.28. The maximum Gasteiger partial charge on any atom is 0.245 e. The summed E-state index contributed by atoms with van der Waals surface area (Å²) in [5.41, 5.74) is 0.861. The van der Waals surface area contributed by atoms with Crippen LogP contribution in [0.25, 0.3) is 0 Å². The summed E-state index contributed by atoms with van der Waals surface area (Å²) in [6.45, 7) is 3.42. The Labute approximate surface area is 149 Å². The second-order valence-electron chi connectivity index (χ2n) is 5.30. The molecule has 0 unspecified atom stereocenters. The molecule has 0 bridgehead atoms. The molecule has 0 aliphatic heterocycles. The molecule has 1 aromatic heterocycles. The summed E-state index contributed by atoms with van der Waals surface area (Å²) in [6.07, 6.45) is 0.520. The number of hydrogen-bond acceptors (Lipinski definition) is 4. The molecule has 6 nitrogen and oxygen atoms in total. The summed E-state index contributed by atoms with van der Waals surface area (Å²) in [7, 11) is 0. The van der Waals surface area contributed by atoms with Crippen molar-refractivity contribution in [1.29, 1.82) is 0 Å². The third-order valence-electron chi connectivity index (χ3n) is 3.34. The number of anilines is 1. The highest BCUT2D eigenvalue weighted by molar-refractivity contribution is 6.35. The zero-order valence-electron chi connectivity index (χ0n) is 13.3. The standard InChI is InChI=1S/C16H17Cl2N3O3/c1-10-7-15(20-24-10)19-16(23)9-21(11(2)22)6-5-12-3-4-13(17)8-14(12)18/h3-4,7-8H,5-6,9H2,1-2H3,(H,19,20,23). The summed E-state index contributed by atoms with van der Waals surface area (Å²) in [6, 6.07) is 6.79. The molecule has 1 N–H and O–H groups in total. The van der Waals surface area contributed by atoms with Crippen molar-refractivity contribution in [3.8, 4) is 0 Å². The minimum Gasteiger partial charge on any atom is -0.360 e. The molecule has 24 heavy (non-hydrogen) atoms. The number of aryl methyl sites for hydroxylation is 1. The average Bonchev–Trinajstić information content (AvgIpc) is 2.89. The van der Waals surface area contributed by atoms with Gasteiger partial charge in [-0.1, -0.05) is 34.4 Å². The number of rotatable bonds is 6. The van der Waals surface area contributed by atoms with Gasteiger partial charge in [0.25, 0.3) is 0 Å². The van der Waals surface area contributed by atoms with Gasteiger partial charge in [0.1, 0.15) is 5.76 Å². The van der Waals surface area contributed by atoms with Gasteiger partial charge in [-0.05, 0) is 31.0 Å². The Bertz CT molecular complexity index is 746. The normalized spacial score (nSPS) is 10.5. The molecule has 8 heteroatoms. The summed E-state index contributed by atoms with van der Waals surface area (Å²) in [5, 5.41) is 7.35. The van der Waals surface area contributed by atoms with Gasteiger partial charge in [-0.25, -0.2) is 0 Å². The van der Waals surface area contributed by atoms with E-state index in [1.165, 1.54) is 11.8 Å². The Morgan fingerprint density at radius 2 is 2.04 bits per heavy atom. The number of aromatic nitrogens is 1. The van der Waals surface area contributed by atoms with Crippen molar-refractivity contribution in [3.05, 3.63) is 45.6 Å². The largest absolute Gasteiger partial charge is 0.360 e. The lowest BCUT2D eigenvalue weighted by Gasteiger charge is -2.20. The van der Waals surface area contributed by atoms with E-state index in [4.69, 9.17) is 27.7 Å². The number of hydrogen-bond donors (Lipinski definition) is 1. The molecular formula is C16H17Cl2N3O3. The number of carbonyl (C=O) groups is 2. The Morgan fingerprint density at radius 3 is 2.62 bits per heavy atom. The van der Waals surface area contributed by atoms with E-state index in [0.717, 1.165) is 5.56 Å². The predicted octanol–water partition coefficient (Wildman–Crippen LogP) is 3.32. The van der Waals surface area contributed by atoms with Crippen LogP contribution in [-0.2, 0) is 16.0 Å². The topological polar surface area (TPSA) is 75.4 Å². The highest BCUT2D eigenvalue weighted by atomic mass is 35.5. The number of nitrogens with one attached hydrogen (secondary N) is 1. The first-order chi connectivity index (χ1) is 11.3. The molecule has 1 heterocycles. The van der Waals surface area contributed by atoms with Crippen LogP contribution in [-0.4, -0.2) is 35.0 Å². The Morgan fingerprint density at radius 1 is 1.29 bits per heavy atom. The minimum absolute atomic E-state index is 0.0769. The fraction of sp³-hybridized carbons (Fsp3) is 0.312. The van der Waals surface area contributed by atoms with E-state index in [1.54, 1.807) is 31.2 Å². The number of halogens is 2. The molecule has 0 radical (unpaired) electrons. The van der Waals surface area contributed by atoms with E-state index >= 15 is 0 Å². The van der Waals surface area contributed by atoms with E-state index in [9.17, 15) is 9.59 Å². The van der Waals surface area contributed by atoms with E-state index < -0.39 is 0 Å². The Hall–Kier alpha value is -2.05. The van der Waals surface area contributed by atoms with Gasteiger partial charge in [-0.15, -0.1) is 0 Å². The van der Waals surface area contributed by atoms with Crippen LogP contribution in [0, 0.1) is 6.92 Å². The first-order valence-corrected chi connectivity index (χ1v) is 8.03. The number of amides is 2. The van der Waals surface area contributed by atoms with Gasteiger partial charge >= 0.3 is 0 Å². The van der Waals surface area contributed by atoms with E-state index in [0.29, 0.717) is 34.6 Å². The van der Waals surface area contributed by atoms with E-state index in [1.807, 2.05) is 0 Å². The summed E-state index contributed by atoms with van der Waals surface area (Å²) < 4.78 is 4.88. The van der Waals surface area contributed by atoms with Crippen molar-refractivity contribution in [2.45, 2.75) is 20.3 Å². The fourth-order valence-corrected chi connectivity index (χ4v) is 2.61. The smallest absolute Gasteiger partial charge is 0.245 e. The van der Waals surface area contributed by atoms with Crippen LogP contribution >= 0.6 is 23.2 Å². The van der Waals surface area contributed by atoms with Gasteiger partial charge in [0.2, 0.25) is 11.8 Å². The maximum absolute atomic E-state index is 12.0. The van der Waals surface area contributed by atoms with Crippen LogP contribution in [0.5, 0.6) is 0 Å². The highest BCUT2D eigenvalue weighted by Crippen LogP contribution is 2.21. The number of nitrogens with zero attached hydrogens (tertiary/aromatic N) is 2. The SMILES string of the molecule is CC(=O)N(CCc1ccc(Cl)cc1Cl)CC(=O)Nc1cc(C)on1. The van der Waals surface area contributed by atoms with Crippen LogP contribution in [0.1, 0.15) is 18.2 Å². The summed E-state index contributed by atoms with van der Waals surface area (Å²) in [4.78, 5) is 25.2. The van der Waals surface area contributed by atoms with Gasteiger partial charge in [-0.3, -0.25) is 9.59 Å². The zero-order chi connectivity index (χ0) is 17.7. The van der Waals surface area contributed by atoms with Gasteiger partial charge < -0.3 is 14.7 Å². The van der Waals surface area contributed by atoms with Gasteiger partial charge in [-0.2, -0.15) is 0 Å². The van der Waals surface area contributed by atoms with E-state index in [-0.39, 0.29) is 18.4 Å². The third-order valence-corrected chi connectivity index (χ3v) is 3.93. The number of carbonyl (C=O) groups excluding carboxylic acids is 2. The van der Waals surface area contributed by atoms with Crippen LogP contribution < -0.4 is 5.32 Å². The molecule has 1 aromatic carbocycles. The fourth-order valence-electron chi connectivity index (χ4n) is 2.11. The predicted molar refractivity (Wildman–Crippen MR) is 92.3 cm³/mol. The lowest BCUT2D eigenvalue weighted by atomic mass is 10.1. The molecule has 0 aliphatic rings. The van der Waals surface area contributed by atoms with Crippen molar-refractivity contribution in [1.82, 2.24) is 10.1 Å². The molecule has 2 amide bonds. The van der Waals surface area contributed by atoms with Crippen LogP contribution in [0.15, 0.2) is 28.8 Å². The van der Waals surface area contributed by atoms with Gasteiger partial charge in [0, 0.05) is 29.6 Å². The Kier molecular flexibility index (Phi) is 6.23. The van der Waals surface area contributed by atoms with Crippen molar-refractivity contribution in [2.75, 3.05) is 18.4 Å². The molecule has 0 fully saturated rings. The summed E-state index contributed by atoms with van der Waals surface area (Å²) in [5.74, 6) is 0.361. The molecule has 2 aromatic rings. The van der Waals surface area contributed by atoms with Crippen molar-refractivity contribution in [2.24, 2.45) is 0 Å². The molecule has 0 aliphatic carbocycles. The second kappa shape index (κ2) is 8.17. The zero-order valence-corrected chi connectivity index (χ0v) is 14.8. The molecule has 0 saturated heterocycles. The third kappa shape index (κ3) is 5.25. The van der Waals surface area contributed by atoms with Gasteiger partial charge in [0.15, 0.2) is 5.82 Å². The molecule has 128 valence electrons. The Balaban J connectivity index is 1.94. The van der Waals surface area contributed by atoms with Crippen LogP contribution in [0.2, 0.25) is 10.0 Å². The minimum atomic E-state index is -0.347. The van der Waals surface area contributed by atoms with Crippen molar-refractivity contribution < 1.29 is 14.1 Å². The molecule has 0 atom stereocenters. The van der Waals surface area contributed by atoms with Crippen LogP contribution in [0.3, 0.4) is 0 Å². The maximum atomic E-state index is 12.0. The molecular weight excluding hydrogens is 353 g/mol. The van der Waals surface area contributed by atoms with E-state index in [2.05, 4.69) is 10.5 Å². The lowest BCUT2D eigenvalue weighted by molar-refractivity contribution is -0.132. The van der Waals surface area contributed by atoms with Crippen molar-refractivity contribution >= 4 is 40.8 Å². The van der Waals surface area contributed by atoms with Crippen LogP contribution in [0.4, 0.5) is 5.82 Å². The molecule has 2 rings (SSSR count).